The van der Waals surface area contributed by atoms with Crippen LogP contribution in [0.5, 0.6) is 5.75 Å². The van der Waals surface area contributed by atoms with Gasteiger partial charge >= 0.3 is 12.3 Å². The van der Waals surface area contributed by atoms with Gasteiger partial charge in [0.05, 0.1) is 17.1 Å². The topological polar surface area (TPSA) is 114 Å². The number of rotatable bonds is 4. The molecule has 0 aromatic heterocycles. The van der Waals surface area contributed by atoms with E-state index in [0.29, 0.717) is 26.0 Å². The monoisotopic (exact) mass is 553 g/mol. The van der Waals surface area contributed by atoms with Gasteiger partial charge < -0.3 is 14.8 Å². The fourth-order valence-electron chi connectivity index (χ4n) is 2.72. The molecule has 0 saturated heterocycles. The van der Waals surface area contributed by atoms with Crippen LogP contribution in [0.15, 0.2) is 41.3 Å². The number of carbonyl (C=O) groups excluding carboxylic acids is 2. The molecule has 3 rings (SSSR count). The quantitative estimate of drug-likeness (QED) is 0.549. The highest BCUT2D eigenvalue weighted by molar-refractivity contribution is 7.92. The largest absolute Gasteiger partial charge is 0.489 e. The van der Waals surface area contributed by atoms with Crippen molar-refractivity contribution >= 4 is 33.4 Å². The Bertz CT molecular complexity index is 1270. The molecule has 204 valence electrons. The average molecular weight is 554 g/mol. The lowest BCUT2D eigenvalue weighted by molar-refractivity contribution is -0.242. The summed E-state index contributed by atoms with van der Waals surface area (Å²) >= 11 is 0. The summed E-state index contributed by atoms with van der Waals surface area (Å²) < 4.78 is 102. The van der Waals surface area contributed by atoms with Crippen LogP contribution in [0.25, 0.3) is 0 Å². The van der Waals surface area contributed by atoms with Crippen LogP contribution >= 0.6 is 0 Å². The molecule has 1 aliphatic rings. The Kier molecular flexibility index (Phi) is 8.95. The summed E-state index contributed by atoms with van der Waals surface area (Å²) in [4.78, 5) is 21.1. The number of halogens is 5. The number of nitrogens with zero attached hydrogens (tertiary/aromatic N) is 1. The van der Waals surface area contributed by atoms with Crippen LogP contribution in [0.3, 0.4) is 0 Å². The molecule has 37 heavy (non-hydrogen) atoms. The number of alkyl halides is 3. The van der Waals surface area contributed by atoms with Gasteiger partial charge in [0.25, 0.3) is 10.0 Å². The smallest absolute Gasteiger partial charge is 0.427 e. The maximum atomic E-state index is 13.6. The molecule has 15 heteroatoms. The second-order valence-corrected chi connectivity index (χ2v) is 9.88. The van der Waals surface area contributed by atoms with E-state index < -0.39 is 44.4 Å². The first-order valence-corrected chi connectivity index (χ1v) is 11.9. The van der Waals surface area contributed by atoms with Gasteiger partial charge in [0.2, 0.25) is 11.5 Å². The second-order valence-electron chi connectivity index (χ2n) is 8.01. The van der Waals surface area contributed by atoms with Gasteiger partial charge in [-0.25, -0.2) is 22.0 Å². The van der Waals surface area contributed by atoms with Crippen molar-refractivity contribution in [2.24, 2.45) is 0 Å². The van der Waals surface area contributed by atoms with Crippen LogP contribution in [0.2, 0.25) is 0 Å². The lowest BCUT2D eigenvalue weighted by Gasteiger charge is -2.31. The van der Waals surface area contributed by atoms with Crippen molar-refractivity contribution in [2.45, 2.75) is 37.4 Å². The van der Waals surface area contributed by atoms with Gasteiger partial charge in [-0.2, -0.15) is 13.2 Å². The van der Waals surface area contributed by atoms with Crippen LogP contribution in [0.1, 0.15) is 20.8 Å². The fraction of sp³-hybridized carbons (Fsp3) is 0.364. The summed E-state index contributed by atoms with van der Waals surface area (Å²) in [6.45, 7) is 2.57. The van der Waals surface area contributed by atoms with Crippen LogP contribution < -0.4 is 19.7 Å². The summed E-state index contributed by atoms with van der Waals surface area (Å²) in [6.07, 6.45) is -6.23. The van der Waals surface area contributed by atoms with E-state index in [0.717, 1.165) is 16.4 Å². The maximum Gasteiger partial charge on any atom is 0.427 e. The van der Waals surface area contributed by atoms with E-state index in [-0.39, 0.29) is 36.2 Å². The predicted octanol–water partition coefficient (Wildman–Crippen LogP) is 4.19. The molecular formula is C22H24F5N3O6S. The lowest BCUT2D eigenvalue weighted by atomic mass is 10.1. The number of fused-ring (bicyclic) bond motifs is 1. The van der Waals surface area contributed by atoms with E-state index in [4.69, 9.17) is 4.74 Å². The van der Waals surface area contributed by atoms with Crippen LogP contribution in [0, 0.1) is 11.6 Å². The molecule has 0 fully saturated rings. The van der Waals surface area contributed by atoms with Crippen LogP contribution in [-0.4, -0.2) is 52.4 Å². The molecule has 0 radical (unpaired) electrons. The molecule has 0 aliphatic carbocycles. The van der Waals surface area contributed by atoms with Gasteiger partial charge in [-0.15, -0.1) is 0 Å². The number of benzene rings is 2. The van der Waals surface area contributed by atoms with Gasteiger partial charge in [0, 0.05) is 19.7 Å². The van der Waals surface area contributed by atoms with Crippen molar-refractivity contribution in [1.82, 2.24) is 5.32 Å². The molecule has 9 nitrogen and oxygen atoms in total. The number of ether oxygens (including phenoxy) is 2. The van der Waals surface area contributed by atoms with E-state index in [2.05, 4.69) is 15.4 Å². The Balaban J connectivity index is 0.000000877. The molecule has 0 saturated carbocycles. The summed E-state index contributed by atoms with van der Waals surface area (Å²) in [5.41, 5.74) is -2.91. The Morgan fingerprint density at radius 2 is 1.68 bits per heavy atom. The molecule has 0 unspecified atom stereocenters. The van der Waals surface area contributed by atoms with Gasteiger partial charge in [0.15, 0.2) is 11.6 Å². The number of carbonyl (C=O) groups is 2. The van der Waals surface area contributed by atoms with E-state index in [1.165, 1.54) is 19.1 Å². The second kappa shape index (κ2) is 11.2. The fourth-order valence-corrected chi connectivity index (χ4v) is 4.18. The number of nitrogens with one attached hydrogen (secondary N) is 2. The Morgan fingerprint density at radius 1 is 1.05 bits per heavy atom. The highest BCUT2D eigenvalue weighted by atomic mass is 32.2. The number of amides is 2. The third kappa shape index (κ3) is 7.21. The standard InChI is InChI=1S/C19H17F5N2O5S.C3H7NO/c1-18(2,19(22,23)24)31-17(27)25-11-3-6-16-15(9-11)26(7-8-30-16)32(28,29)12-4-5-13(20)14(21)10-12;1-3(5)4-2/h3-6,9-10H,7-8H2,1-2H3,(H,25,27);1-2H3,(H,4,5). The zero-order valence-electron chi connectivity index (χ0n) is 20.1. The Morgan fingerprint density at radius 3 is 2.22 bits per heavy atom. The minimum absolute atomic E-state index is 0.00463. The number of sulfonamides is 1. The zero-order valence-corrected chi connectivity index (χ0v) is 20.9. The molecule has 1 heterocycles. The molecule has 2 amide bonds. The lowest BCUT2D eigenvalue weighted by Crippen LogP contribution is -2.44. The SMILES string of the molecule is CC(C)(OC(=O)Nc1ccc2c(c1)N(S(=O)(=O)c1ccc(F)c(F)c1)CCO2)C(F)(F)F.CNC(C)=O. The van der Waals surface area contributed by atoms with E-state index in [9.17, 15) is 40.0 Å². The maximum absolute atomic E-state index is 13.6. The summed E-state index contributed by atoms with van der Waals surface area (Å²) in [6, 6.07) is 5.80. The predicted molar refractivity (Wildman–Crippen MR) is 123 cm³/mol. The van der Waals surface area contributed by atoms with Gasteiger partial charge in [-0.05, 0) is 50.2 Å². The third-order valence-corrected chi connectivity index (χ3v) is 6.70. The highest BCUT2D eigenvalue weighted by Gasteiger charge is 2.51. The molecule has 1 aliphatic heterocycles. The summed E-state index contributed by atoms with van der Waals surface area (Å²) in [7, 11) is -2.75. The first-order chi connectivity index (χ1) is 17.0. The Labute approximate surface area is 209 Å². The summed E-state index contributed by atoms with van der Waals surface area (Å²) in [5.74, 6) is -2.48. The summed E-state index contributed by atoms with van der Waals surface area (Å²) in [5, 5.41) is 4.49. The first-order valence-electron chi connectivity index (χ1n) is 10.5. The normalized spacial score (nSPS) is 13.4. The van der Waals surface area contributed by atoms with Crippen molar-refractivity contribution < 1.29 is 49.4 Å². The average Bonchev–Trinajstić information content (AvgIpc) is 2.79. The zero-order chi connectivity index (χ0) is 28.2. The van der Waals surface area contributed by atoms with Gasteiger partial charge in [-0.3, -0.25) is 14.4 Å². The molecule has 0 bridgehead atoms. The van der Waals surface area contributed by atoms with Gasteiger partial charge in [-0.1, -0.05) is 0 Å². The van der Waals surface area contributed by atoms with Crippen molar-refractivity contribution in [2.75, 3.05) is 29.8 Å². The molecule has 2 N–H and O–H groups in total. The van der Waals surface area contributed by atoms with Crippen molar-refractivity contribution in [1.29, 1.82) is 0 Å². The van der Waals surface area contributed by atoms with Gasteiger partial charge in [0.1, 0.15) is 12.4 Å². The first kappa shape index (κ1) is 29.6. The van der Waals surface area contributed by atoms with Crippen molar-refractivity contribution in [3.63, 3.8) is 0 Å². The highest BCUT2D eigenvalue weighted by Crippen LogP contribution is 2.38. The minimum atomic E-state index is -4.82. The number of hydrogen-bond acceptors (Lipinski definition) is 6. The number of anilines is 2. The molecule has 0 atom stereocenters. The van der Waals surface area contributed by atoms with Crippen molar-refractivity contribution in [3.8, 4) is 5.75 Å². The molecule has 2 aromatic rings. The minimum Gasteiger partial charge on any atom is -0.489 e. The van der Waals surface area contributed by atoms with E-state index >= 15 is 0 Å². The Hall–Kier alpha value is -3.62. The van der Waals surface area contributed by atoms with Crippen LogP contribution in [0.4, 0.5) is 38.1 Å². The number of hydrogen-bond donors (Lipinski definition) is 2. The van der Waals surface area contributed by atoms with E-state index in [1.54, 1.807) is 7.05 Å². The van der Waals surface area contributed by atoms with E-state index in [1.807, 2.05) is 0 Å². The van der Waals surface area contributed by atoms with Crippen LogP contribution in [-0.2, 0) is 19.6 Å². The molecule has 0 spiro atoms. The molecular weight excluding hydrogens is 529 g/mol. The molecule has 2 aromatic carbocycles. The third-order valence-electron chi connectivity index (χ3n) is 4.89. The van der Waals surface area contributed by atoms with Crippen molar-refractivity contribution in [3.05, 3.63) is 48.0 Å².